The summed E-state index contributed by atoms with van der Waals surface area (Å²) < 4.78 is 7.09. The van der Waals surface area contributed by atoms with Gasteiger partial charge in [-0.25, -0.2) is 0 Å². The highest BCUT2D eigenvalue weighted by atomic mass is 79.9. The first kappa shape index (κ1) is 15.0. The first-order chi connectivity index (χ1) is 9.19. The zero-order valence-corrected chi connectivity index (χ0v) is 13.3. The van der Waals surface area contributed by atoms with Gasteiger partial charge >= 0.3 is 0 Å². The highest BCUT2D eigenvalue weighted by Gasteiger charge is 2.26. The summed E-state index contributed by atoms with van der Waals surface area (Å²) in [6, 6.07) is 8.91. The quantitative estimate of drug-likeness (QED) is 0.898. The average molecular weight is 327 g/mol. The predicted molar refractivity (Wildman–Crippen MR) is 82.5 cm³/mol. The second-order valence-electron chi connectivity index (χ2n) is 5.17. The third kappa shape index (κ3) is 4.56. The molecule has 1 fully saturated rings. The van der Waals surface area contributed by atoms with Crippen LogP contribution in [0, 0.1) is 0 Å². The van der Waals surface area contributed by atoms with Gasteiger partial charge in [-0.3, -0.25) is 0 Å². The van der Waals surface area contributed by atoms with Crippen LogP contribution in [-0.4, -0.2) is 50.3 Å². The molecular formula is C15H23BrN2O. The Morgan fingerprint density at radius 3 is 3.05 bits per heavy atom. The second-order valence-corrected chi connectivity index (χ2v) is 6.09. The Labute approximate surface area is 124 Å². The molecule has 3 nitrogen and oxygen atoms in total. The van der Waals surface area contributed by atoms with Gasteiger partial charge in [0.2, 0.25) is 0 Å². The van der Waals surface area contributed by atoms with Crippen LogP contribution in [0.3, 0.4) is 0 Å². The van der Waals surface area contributed by atoms with E-state index < -0.39 is 0 Å². The molecule has 2 rings (SSSR count). The van der Waals surface area contributed by atoms with Crippen molar-refractivity contribution >= 4 is 15.9 Å². The zero-order valence-electron chi connectivity index (χ0n) is 11.7. The minimum absolute atomic E-state index is 0.276. The molecule has 1 aromatic carbocycles. The summed E-state index contributed by atoms with van der Waals surface area (Å²) in [7, 11) is 2.16. The van der Waals surface area contributed by atoms with E-state index >= 15 is 0 Å². The Morgan fingerprint density at radius 2 is 2.37 bits per heavy atom. The molecule has 0 radical (unpaired) electrons. The van der Waals surface area contributed by atoms with Crippen molar-refractivity contribution in [1.82, 2.24) is 10.2 Å². The van der Waals surface area contributed by atoms with Crippen LogP contribution >= 0.6 is 15.9 Å². The lowest BCUT2D eigenvalue weighted by Crippen LogP contribution is -2.52. The van der Waals surface area contributed by atoms with Crippen molar-refractivity contribution in [3.63, 3.8) is 0 Å². The standard InChI is InChI=1S/C15H23BrN2O/c1-3-17-14(15-11-18(2)7-8-19-15)10-12-5-4-6-13(16)9-12/h4-6,9,14-15,17H,3,7-8,10-11H2,1-2H3. The Bertz CT molecular complexity index is 399. The molecule has 0 spiro atoms. The molecule has 106 valence electrons. The van der Waals surface area contributed by atoms with E-state index in [2.05, 4.69) is 64.4 Å². The van der Waals surface area contributed by atoms with Crippen molar-refractivity contribution in [3.8, 4) is 0 Å². The van der Waals surface area contributed by atoms with Gasteiger partial charge in [0.05, 0.1) is 12.7 Å². The van der Waals surface area contributed by atoms with Gasteiger partial charge in [0.1, 0.15) is 0 Å². The number of halogens is 1. The van der Waals surface area contributed by atoms with Crippen molar-refractivity contribution in [3.05, 3.63) is 34.3 Å². The Kier molecular flexibility index (Phi) is 5.82. The van der Waals surface area contributed by atoms with Crippen molar-refractivity contribution in [1.29, 1.82) is 0 Å². The number of ether oxygens (including phenoxy) is 1. The van der Waals surface area contributed by atoms with Crippen molar-refractivity contribution in [2.75, 3.05) is 33.3 Å². The molecule has 1 aliphatic rings. The van der Waals surface area contributed by atoms with Crippen LogP contribution in [0.1, 0.15) is 12.5 Å². The summed E-state index contributed by atoms with van der Waals surface area (Å²) in [6.45, 7) is 6.00. The van der Waals surface area contributed by atoms with Crippen molar-refractivity contribution in [2.45, 2.75) is 25.5 Å². The molecule has 1 aliphatic heterocycles. The number of nitrogens with zero attached hydrogens (tertiary/aromatic N) is 1. The van der Waals surface area contributed by atoms with Crippen molar-refractivity contribution in [2.24, 2.45) is 0 Å². The molecule has 4 heteroatoms. The van der Waals surface area contributed by atoms with Gasteiger partial charge in [0.25, 0.3) is 0 Å². The SMILES string of the molecule is CCNC(Cc1cccc(Br)c1)C1CN(C)CCO1. The molecule has 1 N–H and O–H groups in total. The van der Waals surface area contributed by atoms with Gasteiger partial charge in [0, 0.05) is 23.6 Å². The van der Waals surface area contributed by atoms with Crippen LogP contribution in [-0.2, 0) is 11.2 Å². The lowest BCUT2D eigenvalue weighted by atomic mass is 10.00. The number of hydrogen-bond donors (Lipinski definition) is 1. The fourth-order valence-corrected chi connectivity index (χ4v) is 3.02. The molecule has 1 saturated heterocycles. The molecule has 1 heterocycles. The molecule has 0 aromatic heterocycles. The van der Waals surface area contributed by atoms with E-state index in [-0.39, 0.29) is 6.10 Å². The van der Waals surface area contributed by atoms with Gasteiger partial charge in [-0.15, -0.1) is 0 Å². The average Bonchev–Trinajstić information content (AvgIpc) is 2.38. The van der Waals surface area contributed by atoms with E-state index in [1.165, 1.54) is 5.56 Å². The minimum atomic E-state index is 0.276. The molecule has 2 atom stereocenters. The van der Waals surface area contributed by atoms with Crippen LogP contribution in [0.5, 0.6) is 0 Å². The highest BCUT2D eigenvalue weighted by molar-refractivity contribution is 9.10. The highest BCUT2D eigenvalue weighted by Crippen LogP contribution is 2.16. The van der Waals surface area contributed by atoms with Gasteiger partial charge in [-0.1, -0.05) is 35.0 Å². The fourth-order valence-electron chi connectivity index (χ4n) is 2.57. The lowest BCUT2D eigenvalue weighted by molar-refractivity contribution is -0.0381. The summed E-state index contributed by atoms with van der Waals surface area (Å²) in [6.07, 6.45) is 1.28. The number of morpholine rings is 1. The number of benzene rings is 1. The summed E-state index contributed by atoms with van der Waals surface area (Å²) in [5, 5.41) is 3.57. The predicted octanol–water partition coefficient (Wildman–Crippen LogP) is 2.30. The fraction of sp³-hybridized carbons (Fsp3) is 0.600. The Hall–Kier alpha value is -0.420. The van der Waals surface area contributed by atoms with Crippen LogP contribution in [0.4, 0.5) is 0 Å². The summed E-state index contributed by atoms with van der Waals surface area (Å²) in [4.78, 5) is 2.35. The van der Waals surface area contributed by atoms with E-state index in [1.807, 2.05) is 0 Å². The minimum Gasteiger partial charge on any atom is -0.374 e. The number of rotatable bonds is 5. The topological polar surface area (TPSA) is 24.5 Å². The summed E-state index contributed by atoms with van der Waals surface area (Å²) in [5.74, 6) is 0. The van der Waals surface area contributed by atoms with Gasteiger partial charge in [0.15, 0.2) is 0 Å². The maximum absolute atomic E-state index is 5.95. The first-order valence-electron chi connectivity index (χ1n) is 6.97. The van der Waals surface area contributed by atoms with Crippen LogP contribution in [0.2, 0.25) is 0 Å². The molecule has 2 unspecified atom stereocenters. The molecule has 19 heavy (non-hydrogen) atoms. The monoisotopic (exact) mass is 326 g/mol. The Morgan fingerprint density at radius 1 is 1.53 bits per heavy atom. The van der Waals surface area contributed by atoms with E-state index in [0.29, 0.717) is 6.04 Å². The maximum atomic E-state index is 5.95. The normalized spacial score (nSPS) is 22.4. The van der Waals surface area contributed by atoms with Crippen molar-refractivity contribution < 1.29 is 4.74 Å². The first-order valence-corrected chi connectivity index (χ1v) is 7.76. The van der Waals surface area contributed by atoms with Crippen LogP contribution in [0.25, 0.3) is 0 Å². The molecule has 0 saturated carbocycles. The lowest BCUT2D eigenvalue weighted by Gasteiger charge is -2.35. The number of nitrogens with one attached hydrogen (secondary N) is 1. The second kappa shape index (κ2) is 7.39. The summed E-state index contributed by atoms with van der Waals surface area (Å²) in [5.41, 5.74) is 1.34. The van der Waals surface area contributed by atoms with Crippen LogP contribution < -0.4 is 5.32 Å². The van der Waals surface area contributed by atoms with Gasteiger partial charge in [-0.05, 0) is 37.7 Å². The summed E-state index contributed by atoms with van der Waals surface area (Å²) >= 11 is 3.54. The number of hydrogen-bond acceptors (Lipinski definition) is 3. The van der Waals surface area contributed by atoms with Crippen LogP contribution in [0.15, 0.2) is 28.7 Å². The largest absolute Gasteiger partial charge is 0.374 e. The molecule has 1 aromatic rings. The van der Waals surface area contributed by atoms with Gasteiger partial charge in [-0.2, -0.15) is 0 Å². The molecule has 0 aliphatic carbocycles. The van der Waals surface area contributed by atoms with Gasteiger partial charge < -0.3 is 15.0 Å². The smallest absolute Gasteiger partial charge is 0.0858 e. The van der Waals surface area contributed by atoms with E-state index in [9.17, 15) is 0 Å². The van der Waals surface area contributed by atoms with E-state index in [4.69, 9.17) is 4.74 Å². The van der Waals surface area contributed by atoms with E-state index in [0.717, 1.165) is 37.1 Å². The molecular weight excluding hydrogens is 304 g/mol. The zero-order chi connectivity index (χ0) is 13.7. The molecule has 0 amide bonds. The maximum Gasteiger partial charge on any atom is 0.0858 e. The third-order valence-electron chi connectivity index (χ3n) is 3.56. The molecule has 0 bridgehead atoms. The Balaban J connectivity index is 2.02. The van der Waals surface area contributed by atoms with E-state index in [1.54, 1.807) is 0 Å². The third-order valence-corrected chi connectivity index (χ3v) is 4.05. The number of likely N-dealkylation sites (N-methyl/N-ethyl adjacent to an activating group) is 2.